The normalized spacial score (nSPS) is 39.3. The van der Waals surface area contributed by atoms with Crippen molar-refractivity contribution in [3.8, 4) is 0 Å². The first-order valence-electron chi connectivity index (χ1n) is 7.86. The van der Waals surface area contributed by atoms with Gasteiger partial charge >= 0.3 is 0 Å². The Morgan fingerprint density at radius 3 is 1.56 bits per heavy atom. The summed E-state index contributed by atoms with van der Waals surface area (Å²) in [5.41, 5.74) is 0. The first-order chi connectivity index (χ1) is 8.66. The molecule has 2 N–H and O–H groups in total. The van der Waals surface area contributed by atoms with Gasteiger partial charge in [-0.2, -0.15) is 0 Å². The highest BCUT2D eigenvalue weighted by Gasteiger charge is 2.31. The van der Waals surface area contributed by atoms with Gasteiger partial charge in [0.05, 0.1) is 12.2 Å². The lowest BCUT2D eigenvalue weighted by Crippen LogP contribution is -2.24. The average Bonchev–Trinajstić information content (AvgIpc) is 2.68. The van der Waals surface area contributed by atoms with E-state index in [1.807, 2.05) is 0 Å². The fourth-order valence-corrected chi connectivity index (χ4v) is 3.83. The second-order valence-corrected chi connectivity index (χ2v) is 6.49. The van der Waals surface area contributed by atoms with Crippen LogP contribution in [0, 0.1) is 17.8 Å². The summed E-state index contributed by atoms with van der Waals surface area (Å²) in [7, 11) is 0. The second-order valence-electron chi connectivity index (χ2n) is 6.49. The lowest BCUT2D eigenvalue weighted by atomic mass is 9.75. The predicted molar refractivity (Wildman–Crippen MR) is 74.1 cm³/mol. The Morgan fingerprint density at radius 1 is 0.722 bits per heavy atom. The maximum Gasteiger partial charge on any atom is 0.0543 e. The minimum atomic E-state index is -0.0943. The average molecular weight is 253 g/mol. The monoisotopic (exact) mass is 253 g/mol. The lowest BCUT2D eigenvalue weighted by molar-refractivity contribution is 0.126. The molecule has 18 heavy (non-hydrogen) atoms. The van der Waals surface area contributed by atoms with Crippen molar-refractivity contribution in [2.75, 3.05) is 0 Å². The maximum atomic E-state index is 9.95. The van der Waals surface area contributed by atoms with E-state index in [1.54, 1.807) is 5.92 Å². The Kier molecular flexibility index (Phi) is 5.50. The molecule has 2 aliphatic rings. The molecule has 0 aliphatic heterocycles. The first kappa shape index (κ1) is 14.3. The Balaban J connectivity index is 1.93. The fraction of sp³-hybridized carbons (Fsp3) is 0.938. The number of aliphatic hydroxyl groups is 2. The van der Waals surface area contributed by atoms with Gasteiger partial charge in [-0.25, -0.2) is 0 Å². The van der Waals surface area contributed by atoms with Gasteiger partial charge in [-0.05, 0) is 56.3 Å². The minimum Gasteiger partial charge on any atom is -0.393 e. The van der Waals surface area contributed by atoms with E-state index in [0.29, 0.717) is 11.8 Å². The zero-order valence-corrected chi connectivity index (χ0v) is 11.8. The molecule has 0 aromatic heterocycles. The third-order valence-corrected chi connectivity index (χ3v) is 5.08. The highest BCUT2D eigenvalue weighted by Crippen LogP contribution is 2.39. The van der Waals surface area contributed by atoms with Crippen LogP contribution in [0.5, 0.6) is 0 Å². The molecule has 2 aliphatic carbocycles. The first-order valence-corrected chi connectivity index (χ1v) is 7.86. The van der Waals surface area contributed by atoms with Gasteiger partial charge < -0.3 is 10.2 Å². The molecule has 0 saturated heterocycles. The summed E-state index contributed by atoms with van der Waals surface area (Å²) in [5, 5.41) is 19.9. The van der Waals surface area contributed by atoms with E-state index < -0.39 is 0 Å². The van der Waals surface area contributed by atoms with Crippen molar-refractivity contribution in [2.24, 2.45) is 11.8 Å². The van der Waals surface area contributed by atoms with E-state index in [9.17, 15) is 10.2 Å². The van der Waals surface area contributed by atoms with Crippen LogP contribution >= 0.6 is 0 Å². The predicted octanol–water partition coefficient (Wildman–Crippen LogP) is 3.46. The van der Waals surface area contributed by atoms with Crippen LogP contribution in [0.2, 0.25) is 0 Å². The standard InChI is InChI=1S/C16H29O2/c1-12(13-6-2-4-8-15(17)10-13)14-7-3-5-9-16(18)11-14/h13-18H,2-11H2,1H3. The highest BCUT2D eigenvalue weighted by atomic mass is 16.3. The Labute approximate surface area is 112 Å². The van der Waals surface area contributed by atoms with Crippen LogP contribution in [0.3, 0.4) is 0 Å². The molecule has 2 fully saturated rings. The van der Waals surface area contributed by atoms with E-state index in [0.717, 1.165) is 25.7 Å². The van der Waals surface area contributed by atoms with Crippen LogP contribution in [0.15, 0.2) is 0 Å². The quantitative estimate of drug-likeness (QED) is 0.740. The molecule has 2 heteroatoms. The highest BCUT2D eigenvalue weighted by molar-refractivity contribution is 5.00. The van der Waals surface area contributed by atoms with Gasteiger partial charge in [0.15, 0.2) is 0 Å². The van der Waals surface area contributed by atoms with E-state index >= 15 is 0 Å². The van der Waals surface area contributed by atoms with Crippen molar-refractivity contribution in [1.29, 1.82) is 0 Å². The summed E-state index contributed by atoms with van der Waals surface area (Å²) in [5.74, 6) is 2.76. The molecule has 2 saturated carbocycles. The molecular weight excluding hydrogens is 224 g/mol. The Hall–Kier alpha value is -0.0800. The van der Waals surface area contributed by atoms with Gasteiger partial charge in [0.1, 0.15) is 0 Å². The lowest BCUT2D eigenvalue weighted by Gasteiger charge is -2.31. The van der Waals surface area contributed by atoms with Gasteiger partial charge in [0.2, 0.25) is 0 Å². The number of hydrogen-bond acceptors (Lipinski definition) is 2. The smallest absolute Gasteiger partial charge is 0.0543 e. The van der Waals surface area contributed by atoms with Gasteiger partial charge in [-0.15, -0.1) is 0 Å². The van der Waals surface area contributed by atoms with Gasteiger partial charge in [-0.1, -0.05) is 32.6 Å². The van der Waals surface area contributed by atoms with E-state index in [2.05, 4.69) is 6.92 Å². The molecule has 0 heterocycles. The molecular formula is C16H29O2. The maximum absolute atomic E-state index is 9.95. The minimum absolute atomic E-state index is 0.0943. The summed E-state index contributed by atoms with van der Waals surface area (Å²) in [6.07, 6.45) is 11.1. The van der Waals surface area contributed by atoms with Crippen LogP contribution in [-0.2, 0) is 0 Å². The molecule has 0 bridgehead atoms. The third kappa shape index (κ3) is 3.96. The molecule has 105 valence electrons. The number of aliphatic hydroxyl groups excluding tert-OH is 2. The van der Waals surface area contributed by atoms with Crippen molar-refractivity contribution < 1.29 is 10.2 Å². The summed E-state index contributed by atoms with van der Waals surface area (Å²) >= 11 is 0. The van der Waals surface area contributed by atoms with Crippen molar-refractivity contribution in [3.05, 3.63) is 5.92 Å². The summed E-state index contributed by atoms with van der Waals surface area (Å²) in [4.78, 5) is 0. The van der Waals surface area contributed by atoms with E-state index in [-0.39, 0.29) is 12.2 Å². The van der Waals surface area contributed by atoms with Crippen molar-refractivity contribution in [3.63, 3.8) is 0 Å². The van der Waals surface area contributed by atoms with Crippen molar-refractivity contribution >= 4 is 0 Å². The topological polar surface area (TPSA) is 40.5 Å². The van der Waals surface area contributed by atoms with E-state index in [1.165, 1.54) is 38.5 Å². The van der Waals surface area contributed by atoms with Crippen LogP contribution in [-0.4, -0.2) is 22.4 Å². The zero-order valence-electron chi connectivity index (χ0n) is 11.8. The molecule has 2 rings (SSSR count). The second kappa shape index (κ2) is 6.91. The van der Waals surface area contributed by atoms with Gasteiger partial charge in [0.25, 0.3) is 0 Å². The molecule has 0 spiro atoms. The largest absolute Gasteiger partial charge is 0.393 e. The zero-order chi connectivity index (χ0) is 13.0. The summed E-state index contributed by atoms with van der Waals surface area (Å²) < 4.78 is 0. The molecule has 4 unspecified atom stereocenters. The summed E-state index contributed by atoms with van der Waals surface area (Å²) in [6, 6.07) is 0. The Bertz CT molecular complexity index is 217. The molecule has 0 amide bonds. The van der Waals surface area contributed by atoms with Gasteiger partial charge in [-0.3, -0.25) is 0 Å². The molecule has 2 nitrogen and oxygen atoms in total. The molecule has 4 atom stereocenters. The Morgan fingerprint density at radius 2 is 1.11 bits per heavy atom. The van der Waals surface area contributed by atoms with Crippen LogP contribution < -0.4 is 0 Å². The number of hydrogen-bond donors (Lipinski definition) is 2. The van der Waals surface area contributed by atoms with Crippen molar-refractivity contribution in [1.82, 2.24) is 0 Å². The van der Waals surface area contributed by atoms with Crippen LogP contribution in [0.4, 0.5) is 0 Å². The van der Waals surface area contributed by atoms with E-state index in [4.69, 9.17) is 0 Å². The third-order valence-electron chi connectivity index (χ3n) is 5.08. The fourth-order valence-electron chi connectivity index (χ4n) is 3.83. The van der Waals surface area contributed by atoms with Crippen molar-refractivity contribution in [2.45, 2.75) is 83.3 Å². The van der Waals surface area contributed by atoms with Crippen LogP contribution in [0.25, 0.3) is 0 Å². The summed E-state index contributed by atoms with van der Waals surface area (Å²) in [6.45, 7) is 2.28. The SMILES string of the molecule is C[C](C1CCCCC(O)C1)C1CCCCC(O)C1. The molecule has 0 aromatic rings. The van der Waals surface area contributed by atoms with Gasteiger partial charge in [0, 0.05) is 0 Å². The molecule has 1 radical (unpaired) electrons. The van der Waals surface area contributed by atoms with Crippen LogP contribution in [0.1, 0.15) is 71.1 Å². The molecule has 0 aromatic carbocycles. The number of rotatable bonds is 2.